The van der Waals surface area contributed by atoms with Crippen molar-refractivity contribution in [2.24, 2.45) is 5.73 Å². The summed E-state index contributed by atoms with van der Waals surface area (Å²) >= 11 is 1.34. The topological polar surface area (TPSA) is 97.5 Å². The standard InChI is InChI=1S/C14H17N3O3S/c15-12(13(18)19)11-9-21-14(17-11)16-7-4-8-20-10-5-2-1-3-6-10/h1-3,5-6,9,12H,4,7-8,15H2,(H,16,17)(H,18,19). The molecule has 0 amide bonds. The smallest absolute Gasteiger partial charge is 0.326 e. The van der Waals surface area contributed by atoms with Crippen molar-refractivity contribution in [1.82, 2.24) is 4.98 Å². The van der Waals surface area contributed by atoms with Crippen LogP contribution in [0.15, 0.2) is 35.7 Å². The van der Waals surface area contributed by atoms with Gasteiger partial charge in [0.2, 0.25) is 0 Å². The molecular formula is C14H17N3O3S. The van der Waals surface area contributed by atoms with Crippen LogP contribution in [-0.2, 0) is 4.79 Å². The maximum Gasteiger partial charge on any atom is 0.326 e. The highest BCUT2D eigenvalue weighted by atomic mass is 32.1. The summed E-state index contributed by atoms with van der Waals surface area (Å²) in [6.45, 7) is 1.30. The van der Waals surface area contributed by atoms with Crippen molar-refractivity contribution in [3.63, 3.8) is 0 Å². The molecule has 0 saturated heterocycles. The highest BCUT2D eigenvalue weighted by molar-refractivity contribution is 7.13. The Kier molecular flexibility index (Phi) is 5.53. The number of thiazole rings is 1. The number of aliphatic carboxylic acids is 1. The molecule has 0 fully saturated rings. The number of ether oxygens (including phenoxy) is 1. The maximum absolute atomic E-state index is 10.7. The molecule has 6 nitrogen and oxygen atoms in total. The third-order valence-electron chi connectivity index (χ3n) is 2.72. The molecule has 0 aliphatic carbocycles. The van der Waals surface area contributed by atoms with Crippen LogP contribution >= 0.6 is 11.3 Å². The molecule has 0 saturated carbocycles. The van der Waals surface area contributed by atoms with Crippen molar-refractivity contribution in [3.8, 4) is 5.75 Å². The van der Waals surface area contributed by atoms with E-state index in [4.69, 9.17) is 15.6 Å². The molecule has 2 rings (SSSR count). The van der Waals surface area contributed by atoms with Gasteiger partial charge in [0.05, 0.1) is 12.3 Å². The Balaban J connectivity index is 1.68. The number of carboxylic acids is 1. The first kappa shape index (κ1) is 15.3. The number of carbonyl (C=O) groups is 1. The maximum atomic E-state index is 10.7. The number of carboxylic acid groups (broad SMARTS) is 1. The van der Waals surface area contributed by atoms with E-state index in [1.807, 2.05) is 30.3 Å². The predicted molar refractivity (Wildman–Crippen MR) is 81.7 cm³/mol. The molecule has 0 radical (unpaired) electrons. The zero-order valence-electron chi connectivity index (χ0n) is 11.4. The number of benzene rings is 1. The molecule has 1 atom stereocenters. The van der Waals surface area contributed by atoms with Gasteiger partial charge < -0.3 is 20.9 Å². The van der Waals surface area contributed by atoms with Crippen molar-refractivity contribution in [1.29, 1.82) is 0 Å². The quantitative estimate of drug-likeness (QED) is 0.646. The lowest BCUT2D eigenvalue weighted by atomic mass is 10.2. The van der Waals surface area contributed by atoms with Crippen LogP contribution in [0.25, 0.3) is 0 Å². The Morgan fingerprint density at radius 3 is 2.90 bits per heavy atom. The van der Waals surface area contributed by atoms with E-state index in [2.05, 4.69) is 10.3 Å². The molecule has 2 aromatic rings. The Morgan fingerprint density at radius 2 is 2.19 bits per heavy atom. The number of nitrogens with two attached hydrogens (primary N) is 1. The summed E-state index contributed by atoms with van der Waals surface area (Å²) in [5.74, 6) is -0.232. The fourth-order valence-electron chi connectivity index (χ4n) is 1.61. The summed E-state index contributed by atoms with van der Waals surface area (Å²) in [5.41, 5.74) is 5.86. The monoisotopic (exact) mass is 307 g/mol. The molecular weight excluding hydrogens is 290 g/mol. The molecule has 0 aliphatic heterocycles. The third kappa shape index (κ3) is 4.73. The zero-order valence-corrected chi connectivity index (χ0v) is 12.2. The first-order chi connectivity index (χ1) is 10.2. The number of nitrogens with zero attached hydrogens (tertiary/aromatic N) is 1. The van der Waals surface area contributed by atoms with Crippen LogP contribution in [0.4, 0.5) is 5.13 Å². The van der Waals surface area contributed by atoms with Crippen LogP contribution in [-0.4, -0.2) is 29.2 Å². The van der Waals surface area contributed by atoms with Gasteiger partial charge in [-0.15, -0.1) is 11.3 Å². The summed E-state index contributed by atoms with van der Waals surface area (Å²) in [5, 5.41) is 14.2. The normalized spacial score (nSPS) is 11.9. The van der Waals surface area contributed by atoms with Crippen LogP contribution in [0.2, 0.25) is 0 Å². The van der Waals surface area contributed by atoms with E-state index in [-0.39, 0.29) is 0 Å². The summed E-state index contributed by atoms with van der Waals surface area (Å²) in [4.78, 5) is 14.9. The number of para-hydroxylation sites is 1. The van der Waals surface area contributed by atoms with Gasteiger partial charge in [0.25, 0.3) is 0 Å². The molecule has 4 N–H and O–H groups in total. The molecule has 112 valence electrons. The molecule has 21 heavy (non-hydrogen) atoms. The predicted octanol–water partition coefficient (Wildman–Crippen LogP) is 2.11. The van der Waals surface area contributed by atoms with Gasteiger partial charge in [-0.05, 0) is 18.6 Å². The molecule has 1 unspecified atom stereocenters. The van der Waals surface area contributed by atoms with Crippen molar-refractivity contribution in [2.75, 3.05) is 18.5 Å². The van der Waals surface area contributed by atoms with E-state index >= 15 is 0 Å². The van der Waals surface area contributed by atoms with Gasteiger partial charge in [-0.1, -0.05) is 18.2 Å². The van der Waals surface area contributed by atoms with Gasteiger partial charge in [-0.3, -0.25) is 4.79 Å². The lowest BCUT2D eigenvalue weighted by Crippen LogP contribution is -2.21. The summed E-state index contributed by atoms with van der Waals surface area (Å²) in [6.07, 6.45) is 0.814. The van der Waals surface area contributed by atoms with Gasteiger partial charge >= 0.3 is 5.97 Å². The van der Waals surface area contributed by atoms with E-state index in [9.17, 15) is 4.79 Å². The molecule has 1 heterocycles. The minimum atomic E-state index is -1.08. The van der Waals surface area contributed by atoms with E-state index in [0.717, 1.165) is 12.2 Å². The molecule has 0 spiro atoms. The second-order valence-electron chi connectivity index (χ2n) is 4.34. The van der Waals surface area contributed by atoms with Gasteiger partial charge in [-0.2, -0.15) is 0 Å². The van der Waals surface area contributed by atoms with Crippen molar-refractivity contribution < 1.29 is 14.6 Å². The summed E-state index contributed by atoms with van der Waals surface area (Å²) < 4.78 is 5.56. The highest BCUT2D eigenvalue weighted by Gasteiger charge is 2.17. The number of rotatable bonds is 8. The number of hydrogen-bond acceptors (Lipinski definition) is 6. The van der Waals surface area contributed by atoms with Gasteiger partial charge in [0.15, 0.2) is 5.13 Å². The Morgan fingerprint density at radius 1 is 1.43 bits per heavy atom. The van der Waals surface area contributed by atoms with Crippen LogP contribution in [0.5, 0.6) is 5.75 Å². The average molecular weight is 307 g/mol. The van der Waals surface area contributed by atoms with E-state index in [0.29, 0.717) is 24.0 Å². The highest BCUT2D eigenvalue weighted by Crippen LogP contribution is 2.19. The second kappa shape index (κ2) is 7.61. The Hall–Kier alpha value is -2.12. The first-order valence-electron chi connectivity index (χ1n) is 6.52. The summed E-state index contributed by atoms with van der Waals surface area (Å²) in [6, 6.07) is 8.54. The fraction of sp³-hybridized carbons (Fsp3) is 0.286. The van der Waals surface area contributed by atoms with Crippen LogP contribution in [0.3, 0.4) is 0 Å². The molecule has 0 aliphatic rings. The molecule has 7 heteroatoms. The minimum Gasteiger partial charge on any atom is -0.494 e. The van der Waals surface area contributed by atoms with Gasteiger partial charge in [0, 0.05) is 11.9 Å². The Labute approximate surface area is 126 Å². The van der Waals surface area contributed by atoms with Crippen molar-refractivity contribution in [2.45, 2.75) is 12.5 Å². The molecule has 0 bridgehead atoms. The number of hydrogen-bond donors (Lipinski definition) is 3. The van der Waals surface area contributed by atoms with E-state index < -0.39 is 12.0 Å². The largest absolute Gasteiger partial charge is 0.494 e. The van der Waals surface area contributed by atoms with Crippen LogP contribution in [0, 0.1) is 0 Å². The second-order valence-corrected chi connectivity index (χ2v) is 5.19. The van der Waals surface area contributed by atoms with Crippen molar-refractivity contribution >= 4 is 22.4 Å². The van der Waals surface area contributed by atoms with Crippen molar-refractivity contribution in [3.05, 3.63) is 41.4 Å². The zero-order chi connectivity index (χ0) is 15.1. The fourth-order valence-corrected chi connectivity index (χ4v) is 2.39. The lowest BCUT2D eigenvalue weighted by molar-refractivity contribution is -0.138. The minimum absolute atomic E-state index is 0.371. The van der Waals surface area contributed by atoms with Crippen LogP contribution < -0.4 is 15.8 Å². The van der Waals surface area contributed by atoms with E-state index in [1.54, 1.807) is 5.38 Å². The number of nitrogens with one attached hydrogen (secondary N) is 1. The van der Waals surface area contributed by atoms with E-state index in [1.165, 1.54) is 11.3 Å². The molecule has 1 aromatic carbocycles. The summed E-state index contributed by atoms with van der Waals surface area (Å²) in [7, 11) is 0. The van der Waals surface area contributed by atoms with Gasteiger partial charge in [-0.25, -0.2) is 4.98 Å². The molecule has 1 aromatic heterocycles. The SMILES string of the molecule is NC(C(=O)O)c1csc(NCCCOc2ccccc2)n1. The van der Waals surface area contributed by atoms with Crippen LogP contribution in [0.1, 0.15) is 18.2 Å². The number of anilines is 1. The Bertz CT molecular complexity index is 574. The third-order valence-corrected chi connectivity index (χ3v) is 3.53. The lowest BCUT2D eigenvalue weighted by Gasteiger charge is -2.06. The van der Waals surface area contributed by atoms with Gasteiger partial charge in [0.1, 0.15) is 11.8 Å². The number of aromatic nitrogens is 1. The average Bonchev–Trinajstić information content (AvgIpc) is 2.96. The first-order valence-corrected chi connectivity index (χ1v) is 7.40.